The van der Waals surface area contributed by atoms with Gasteiger partial charge < -0.3 is 10.0 Å². The number of likely N-dealkylation sites (N-methyl/N-ethyl adjacent to an activating group) is 1. The van der Waals surface area contributed by atoms with Gasteiger partial charge >= 0.3 is 0 Å². The van der Waals surface area contributed by atoms with Gasteiger partial charge in [0, 0.05) is 45.3 Å². The average molecular weight is 287 g/mol. The number of aliphatic hydroxyl groups is 1. The van der Waals surface area contributed by atoms with Gasteiger partial charge in [0.05, 0.1) is 11.6 Å². The quantitative estimate of drug-likeness (QED) is 0.864. The molecule has 0 amide bonds. The highest BCUT2D eigenvalue weighted by molar-refractivity contribution is 5.17. The van der Waals surface area contributed by atoms with E-state index in [1.165, 1.54) is 5.56 Å². The van der Waals surface area contributed by atoms with Gasteiger partial charge in [-0.25, -0.2) is 0 Å². The maximum absolute atomic E-state index is 10.1. The van der Waals surface area contributed by atoms with Crippen molar-refractivity contribution in [1.29, 1.82) is 0 Å². The third-order valence-electron chi connectivity index (χ3n) is 5.37. The Kier molecular flexibility index (Phi) is 3.30. The van der Waals surface area contributed by atoms with Crippen LogP contribution in [0.4, 0.5) is 0 Å². The van der Waals surface area contributed by atoms with E-state index in [0.29, 0.717) is 6.04 Å². The number of hydrogen-bond donors (Lipinski definition) is 1. The summed E-state index contributed by atoms with van der Waals surface area (Å²) in [7, 11) is 2.20. The maximum atomic E-state index is 10.1. The second-order valence-electron chi connectivity index (χ2n) is 7.25. The van der Waals surface area contributed by atoms with Gasteiger partial charge in [-0.05, 0) is 19.0 Å². The molecule has 4 rings (SSSR count). The summed E-state index contributed by atoms with van der Waals surface area (Å²) in [6, 6.07) is 11.3. The first kappa shape index (κ1) is 13.7. The third kappa shape index (κ3) is 2.40. The molecule has 0 aliphatic carbocycles. The molecule has 3 saturated heterocycles. The number of likely N-dealkylation sites (tertiary alicyclic amines) is 1. The Balaban J connectivity index is 1.52. The zero-order valence-corrected chi connectivity index (χ0v) is 12.8. The van der Waals surface area contributed by atoms with E-state index in [1.807, 2.05) is 0 Å². The molecule has 2 atom stereocenters. The summed E-state index contributed by atoms with van der Waals surface area (Å²) in [6.45, 7) is 6.42. The molecule has 0 radical (unpaired) electrons. The first-order valence-electron chi connectivity index (χ1n) is 8.04. The van der Waals surface area contributed by atoms with E-state index < -0.39 is 0 Å². The van der Waals surface area contributed by atoms with Crippen LogP contribution < -0.4 is 0 Å². The van der Waals surface area contributed by atoms with E-state index in [0.717, 1.165) is 45.7 Å². The van der Waals surface area contributed by atoms with Crippen LogP contribution >= 0.6 is 0 Å². The number of hydrogen-bond acceptors (Lipinski definition) is 4. The number of fused-ring (bicyclic) bond motifs is 2. The summed E-state index contributed by atoms with van der Waals surface area (Å²) >= 11 is 0. The van der Waals surface area contributed by atoms with Gasteiger partial charge in [-0.3, -0.25) is 9.80 Å². The SMILES string of the molecule is CN1CC2(C1)CN(Cc1ccccc1)C[C@@H]1C[C@@H](O)CN12. The van der Waals surface area contributed by atoms with E-state index in [-0.39, 0.29) is 11.6 Å². The minimum absolute atomic E-state index is 0.130. The van der Waals surface area contributed by atoms with E-state index in [9.17, 15) is 5.11 Å². The molecule has 0 saturated carbocycles. The second kappa shape index (κ2) is 5.06. The number of piperazine rings is 1. The van der Waals surface area contributed by atoms with Crippen LogP contribution in [0.3, 0.4) is 0 Å². The van der Waals surface area contributed by atoms with E-state index in [2.05, 4.69) is 52.1 Å². The van der Waals surface area contributed by atoms with E-state index in [4.69, 9.17) is 0 Å². The Morgan fingerprint density at radius 3 is 2.62 bits per heavy atom. The van der Waals surface area contributed by atoms with Crippen molar-refractivity contribution in [3.05, 3.63) is 35.9 Å². The van der Waals surface area contributed by atoms with Crippen LogP contribution in [0, 0.1) is 0 Å². The third-order valence-corrected chi connectivity index (χ3v) is 5.37. The topological polar surface area (TPSA) is 30.0 Å². The molecule has 4 nitrogen and oxygen atoms in total. The molecular formula is C17H25N3O. The van der Waals surface area contributed by atoms with Gasteiger partial charge in [-0.1, -0.05) is 30.3 Å². The molecule has 4 heteroatoms. The van der Waals surface area contributed by atoms with Crippen molar-refractivity contribution in [2.75, 3.05) is 39.8 Å². The lowest BCUT2D eigenvalue weighted by atomic mass is 9.84. The molecule has 3 heterocycles. The first-order chi connectivity index (χ1) is 10.1. The minimum atomic E-state index is -0.130. The van der Waals surface area contributed by atoms with Gasteiger partial charge in [-0.2, -0.15) is 0 Å². The van der Waals surface area contributed by atoms with Crippen LogP contribution in [0.15, 0.2) is 30.3 Å². The molecule has 1 spiro atoms. The van der Waals surface area contributed by atoms with Gasteiger partial charge in [0.1, 0.15) is 0 Å². The number of nitrogens with zero attached hydrogens (tertiary/aromatic N) is 3. The molecule has 1 N–H and O–H groups in total. The number of aliphatic hydroxyl groups excluding tert-OH is 1. The summed E-state index contributed by atoms with van der Waals surface area (Å²) in [6.07, 6.45) is 0.811. The van der Waals surface area contributed by atoms with Gasteiger partial charge in [0.25, 0.3) is 0 Å². The molecule has 1 aromatic carbocycles. The van der Waals surface area contributed by atoms with E-state index >= 15 is 0 Å². The number of β-amino-alcohol motifs (C(OH)–C–C–N with tert-alkyl or cyclic N) is 1. The lowest BCUT2D eigenvalue weighted by Gasteiger charge is -2.60. The van der Waals surface area contributed by atoms with Crippen LogP contribution in [-0.4, -0.2) is 77.3 Å². The fraction of sp³-hybridized carbons (Fsp3) is 0.647. The Morgan fingerprint density at radius 2 is 1.90 bits per heavy atom. The van der Waals surface area contributed by atoms with Crippen molar-refractivity contribution in [2.24, 2.45) is 0 Å². The molecular weight excluding hydrogens is 262 g/mol. The molecule has 0 aromatic heterocycles. The number of benzene rings is 1. The molecule has 21 heavy (non-hydrogen) atoms. The van der Waals surface area contributed by atoms with Gasteiger partial charge in [0.15, 0.2) is 0 Å². The highest BCUT2D eigenvalue weighted by Gasteiger charge is 2.54. The standard InChI is InChI=1S/C17H25N3O/c1-18-11-17(12-18)13-19(8-14-5-3-2-4-6-14)9-15-7-16(21)10-20(15)17/h2-6,15-16,21H,7-13H2,1H3/t15-,16+/m0/s1. The highest BCUT2D eigenvalue weighted by Crippen LogP contribution is 2.38. The zero-order chi connectivity index (χ0) is 14.4. The Hall–Kier alpha value is -0.940. The summed E-state index contributed by atoms with van der Waals surface area (Å²) in [5, 5.41) is 10.1. The van der Waals surface area contributed by atoms with Crippen LogP contribution in [0.25, 0.3) is 0 Å². The van der Waals surface area contributed by atoms with Crippen LogP contribution in [0.5, 0.6) is 0 Å². The smallest absolute Gasteiger partial charge is 0.0682 e. The van der Waals surface area contributed by atoms with Crippen molar-refractivity contribution >= 4 is 0 Å². The fourth-order valence-corrected chi connectivity index (χ4v) is 4.72. The van der Waals surface area contributed by atoms with Crippen molar-refractivity contribution in [3.8, 4) is 0 Å². The van der Waals surface area contributed by atoms with Gasteiger partial charge in [-0.15, -0.1) is 0 Å². The highest BCUT2D eigenvalue weighted by atomic mass is 16.3. The van der Waals surface area contributed by atoms with Crippen molar-refractivity contribution in [2.45, 2.75) is 30.7 Å². The summed E-state index contributed by atoms with van der Waals surface area (Å²) < 4.78 is 0. The molecule has 0 unspecified atom stereocenters. The molecule has 114 valence electrons. The predicted molar refractivity (Wildman–Crippen MR) is 83.1 cm³/mol. The lowest BCUT2D eigenvalue weighted by Crippen LogP contribution is -2.77. The predicted octanol–water partition coefficient (Wildman–Crippen LogP) is 0.622. The Labute approximate surface area is 127 Å². The summed E-state index contributed by atoms with van der Waals surface area (Å²) in [4.78, 5) is 7.61. The molecule has 3 fully saturated rings. The molecule has 3 aliphatic rings. The largest absolute Gasteiger partial charge is 0.392 e. The van der Waals surface area contributed by atoms with Crippen molar-refractivity contribution < 1.29 is 5.11 Å². The van der Waals surface area contributed by atoms with Crippen LogP contribution in [0.1, 0.15) is 12.0 Å². The fourth-order valence-electron chi connectivity index (χ4n) is 4.72. The second-order valence-corrected chi connectivity index (χ2v) is 7.25. The first-order valence-corrected chi connectivity index (χ1v) is 8.04. The van der Waals surface area contributed by atoms with Gasteiger partial charge in [0.2, 0.25) is 0 Å². The van der Waals surface area contributed by atoms with Crippen LogP contribution in [-0.2, 0) is 6.54 Å². The zero-order valence-electron chi connectivity index (χ0n) is 12.8. The monoisotopic (exact) mass is 287 g/mol. The summed E-state index contributed by atoms with van der Waals surface area (Å²) in [5.74, 6) is 0. The van der Waals surface area contributed by atoms with Crippen LogP contribution in [0.2, 0.25) is 0 Å². The van der Waals surface area contributed by atoms with E-state index in [1.54, 1.807) is 0 Å². The normalized spacial score (nSPS) is 33.0. The molecule has 3 aliphatic heterocycles. The molecule has 0 bridgehead atoms. The average Bonchev–Trinajstić information content (AvgIpc) is 2.79. The van der Waals surface area contributed by atoms with Crippen molar-refractivity contribution in [3.63, 3.8) is 0 Å². The summed E-state index contributed by atoms with van der Waals surface area (Å²) in [5.41, 5.74) is 1.68. The van der Waals surface area contributed by atoms with Crippen molar-refractivity contribution in [1.82, 2.24) is 14.7 Å². The minimum Gasteiger partial charge on any atom is -0.392 e. The maximum Gasteiger partial charge on any atom is 0.0682 e. The Morgan fingerprint density at radius 1 is 1.14 bits per heavy atom. The lowest BCUT2D eigenvalue weighted by molar-refractivity contribution is -0.107. The number of rotatable bonds is 2. The Bertz CT molecular complexity index is 500. The molecule has 1 aromatic rings.